The molecule has 0 saturated carbocycles. The van der Waals surface area contributed by atoms with Gasteiger partial charge in [0.1, 0.15) is 11.4 Å². The first-order chi connectivity index (χ1) is 13.0. The lowest BCUT2D eigenvalue weighted by atomic mass is 10.1. The molecule has 140 valence electrons. The number of benzene rings is 2. The summed E-state index contributed by atoms with van der Waals surface area (Å²) in [5.74, 6) is 0.705. The van der Waals surface area contributed by atoms with Crippen molar-refractivity contribution in [3.8, 4) is 11.4 Å². The third-order valence-corrected chi connectivity index (χ3v) is 5.11. The van der Waals surface area contributed by atoms with E-state index in [0.717, 1.165) is 17.7 Å². The number of aromatic nitrogens is 1. The first-order valence-corrected chi connectivity index (χ1v) is 9.49. The van der Waals surface area contributed by atoms with Crippen LogP contribution in [-0.4, -0.2) is 17.9 Å². The maximum Gasteiger partial charge on any atom is 0.144 e. The molecule has 0 spiro atoms. The van der Waals surface area contributed by atoms with Crippen molar-refractivity contribution < 1.29 is 4.74 Å². The molecule has 0 amide bonds. The van der Waals surface area contributed by atoms with Crippen molar-refractivity contribution in [3.63, 3.8) is 0 Å². The van der Waals surface area contributed by atoms with Crippen molar-refractivity contribution in [1.82, 2.24) is 4.57 Å². The smallest absolute Gasteiger partial charge is 0.144 e. The maximum absolute atomic E-state index is 6.11. The quantitative estimate of drug-likeness (QED) is 0.472. The Labute approximate surface area is 166 Å². The lowest BCUT2D eigenvalue weighted by molar-refractivity contribution is 0.416. The van der Waals surface area contributed by atoms with Gasteiger partial charge in [0.2, 0.25) is 0 Å². The van der Waals surface area contributed by atoms with Crippen LogP contribution >= 0.6 is 11.6 Å². The third kappa shape index (κ3) is 3.79. The molecule has 0 unspecified atom stereocenters. The minimum Gasteiger partial charge on any atom is -0.494 e. The zero-order valence-corrected chi connectivity index (χ0v) is 17.3. The lowest BCUT2D eigenvalue weighted by Gasteiger charge is -2.17. The third-order valence-electron chi connectivity index (χ3n) is 4.88. The zero-order valence-electron chi connectivity index (χ0n) is 16.5. The molecule has 2 aromatic carbocycles. The molecule has 0 fully saturated rings. The number of aliphatic imine (C=N–C) groups is 1. The lowest BCUT2D eigenvalue weighted by Crippen LogP contribution is -2.05. The van der Waals surface area contributed by atoms with E-state index in [1.54, 1.807) is 13.2 Å². The Morgan fingerprint density at radius 1 is 1.11 bits per heavy atom. The number of para-hydroxylation sites is 1. The van der Waals surface area contributed by atoms with Crippen molar-refractivity contribution in [1.29, 1.82) is 0 Å². The molecule has 0 aliphatic carbocycles. The van der Waals surface area contributed by atoms with Gasteiger partial charge in [0.25, 0.3) is 0 Å². The molecule has 3 rings (SSSR count). The second-order valence-electron chi connectivity index (χ2n) is 6.67. The first kappa shape index (κ1) is 19.2. The molecular weight excluding hydrogens is 356 g/mol. The summed E-state index contributed by atoms with van der Waals surface area (Å²) in [5.41, 5.74) is 8.06. The Hall–Kier alpha value is -2.52. The number of hydrogen-bond donors (Lipinski definition) is 0. The van der Waals surface area contributed by atoms with Gasteiger partial charge in [0.15, 0.2) is 0 Å². The number of nitrogens with zero attached hydrogens (tertiary/aromatic N) is 2. The number of aryl methyl sites for hydroxylation is 3. The van der Waals surface area contributed by atoms with E-state index in [1.807, 2.05) is 18.3 Å². The molecule has 4 heteroatoms. The van der Waals surface area contributed by atoms with Crippen LogP contribution in [0.15, 0.2) is 47.5 Å². The van der Waals surface area contributed by atoms with E-state index in [4.69, 9.17) is 16.3 Å². The number of hydrogen-bond acceptors (Lipinski definition) is 2. The Balaban J connectivity index is 2.07. The second-order valence-corrected chi connectivity index (χ2v) is 7.11. The molecule has 1 aromatic heterocycles. The van der Waals surface area contributed by atoms with Crippen molar-refractivity contribution in [2.24, 2.45) is 4.99 Å². The van der Waals surface area contributed by atoms with E-state index in [2.05, 4.69) is 61.5 Å². The Kier molecular flexibility index (Phi) is 5.71. The van der Waals surface area contributed by atoms with Crippen molar-refractivity contribution in [2.45, 2.75) is 34.1 Å². The summed E-state index contributed by atoms with van der Waals surface area (Å²) in [6.45, 7) is 8.63. The highest BCUT2D eigenvalue weighted by molar-refractivity contribution is 6.30. The van der Waals surface area contributed by atoms with E-state index in [-0.39, 0.29) is 0 Å². The van der Waals surface area contributed by atoms with Crippen molar-refractivity contribution in [2.75, 3.05) is 7.11 Å². The van der Waals surface area contributed by atoms with Crippen LogP contribution in [0.4, 0.5) is 5.69 Å². The van der Waals surface area contributed by atoms with Crippen LogP contribution in [0.1, 0.15) is 35.0 Å². The number of halogens is 1. The molecule has 0 N–H and O–H groups in total. The SMILES string of the molecule is CCc1cccc(C)c1-n1c(C)cc(C=Nc2cc(Cl)ccc2OC)c1C. The van der Waals surface area contributed by atoms with Crippen LogP contribution in [0, 0.1) is 20.8 Å². The molecule has 0 atom stereocenters. The van der Waals surface area contributed by atoms with E-state index >= 15 is 0 Å². The fraction of sp³-hybridized carbons (Fsp3) is 0.261. The summed E-state index contributed by atoms with van der Waals surface area (Å²) < 4.78 is 7.71. The number of ether oxygens (including phenoxy) is 1. The number of methoxy groups -OCH3 is 1. The van der Waals surface area contributed by atoms with Crippen molar-refractivity contribution in [3.05, 3.63) is 75.6 Å². The molecule has 3 nitrogen and oxygen atoms in total. The Bertz CT molecular complexity index is 1000. The van der Waals surface area contributed by atoms with Crippen LogP contribution in [0.5, 0.6) is 5.75 Å². The highest BCUT2D eigenvalue weighted by atomic mass is 35.5. The van der Waals surface area contributed by atoms with Gasteiger partial charge in [-0.05, 0) is 62.6 Å². The van der Waals surface area contributed by atoms with Crippen LogP contribution in [0.3, 0.4) is 0 Å². The maximum atomic E-state index is 6.11. The van der Waals surface area contributed by atoms with Crippen LogP contribution in [0.2, 0.25) is 5.02 Å². The van der Waals surface area contributed by atoms with E-state index in [1.165, 1.54) is 28.2 Å². The summed E-state index contributed by atoms with van der Waals surface area (Å²) in [6, 6.07) is 14.1. The highest BCUT2D eigenvalue weighted by Crippen LogP contribution is 2.31. The molecular formula is C23H25ClN2O. The molecule has 3 aromatic rings. The normalized spacial score (nSPS) is 11.3. The van der Waals surface area contributed by atoms with Crippen LogP contribution in [-0.2, 0) is 6.42 Å². The fourth-order valence-electron chi connectivity index (χ4n) is 3.49. The first-order valence-electron chi connectivity index (χ1n) is 9.11. The van der Waals surface area contributed by atoms with Gasteiger partial charge < -0.3 is 9.30 Å². The monoisotopic (exact) mass is 380 g/mol. The topological polar surface area (TPSA) is 26.5 Å². The minimum atomic E-state index is 0.640. The van der Waals surface area contributed by atoms with Crippen LogP contribution in [0.25, 0.3) is 5.69 Å². The largest absolute Gasteiger partial charge is 0.494 e. The van der Waals surface area contributed by atoms with Gasteiger partial charge >= 0.3 is 0 Å². The van der Waals surface area contributed by atoms with Crippen molar-refractivity contribution >= 4 is 23.5 Å². The second kappa shape index (κ2) is 8.01. The molecule has 0 saturated heterocycles. The molecule has 0 bridgehead atoms. The fourth-order valence-corrected chi connectivity index (χ4v) is 3.66. The van der Waals surface area contributed by atoms with Crippen LogP contribution < -0.4 is 4.74 Å². The molecule has 0 aliphatic heterocycles. The number of rotatable bonds is 5. The zero-order chi connectivity index (χ0) is 19.6. The van der Waals surface area contributed by atoms with E-state index in [0.29, 0.717) is 10.8 Å². The van der Waals surface area contributed by atoms with Gasteiger partial charge in [-0.2, -0.15) is 0 Å². The Morgan fingerprint density at radius 3 is 2.59 bits per heavy atom. The average Bonchev–Trinajstić information content (AvgIpc) is 2.93. The van der Waals surface area contributed by atoms with E-state index < -0.39 is 0 Å². The van der Waals surface area contributed by atoms with Gasteiger partial charge in [0.05, 0.1) is 12.8 Å². The summed E-state index contributed by atoms with van der Waals surface area (Å²) in [6.07, 6.45) is 2.88. The molecule has 0 aliphatic rings. The summed E-state index contributed by atoms with van der Waals surface area (Å²) >= 11 is 6.11. The average molecular weight is 381 g/mol. The highest BCUT2D eigenvalue weighted by Gasteiger charge is 2.14. The summed E-state index contributed by atoms with van der Waals surface area (Å²) in [4.78, 5) is 4.63. The predicted octanol–water partition coefficient (Wildman–Crippen LogP) is 6.38. The van der Waals surface area contributed by atoms with Gasteiger partial charge in [-0.15, -0.1) is 0 Å². The summed E-state index contributed by atoms with van der Waals surface area (Å²) in [5, 5.41) is 0.640. The van der Waals surface area contributed by atoms with Gasteiger partial charge in [-0.1, -0.05) is 36.7 Å². The molecule has 1 heterocycles. The molecule has 27 heavy (non-hydrogen) atoms. The van der Waals surface area contributed by atoms with Gasteiger partial charge in [-0.3, -0.25) is 4.99 Å². The minimum absolute atomic E-state index is 0.640. The van der Waals surface area contributed by atoms with E-state index in [9.17, 15) is 0 Å². The van der Waals surface area contributed by atoms with Gasteiger partial charge in [0, 0.05) is 28.2 Å². The van der Waals surface area contributed by atoms with Gasteiger partial charge in [-0.25, -0.2) is 0 Å². The predicted molar refractivity (Wildman–Crippen MR) is 115 cm³/mol. The summed E-state index contributed by atoms with van der Waals surface area (Å²) in [7, 11) is 1.64. The molecule has 0 radical (unpaired) electrons. The Morgan fingerprint density at radius 2 is 1.89 bits per heavy atom. The standard InChI is InChI=1S/C23H25ClN2O/c1-6-18-9-7-8-15(2)23(18)26-16(3)12-19(17(26)4)14-25-21-13-20(24)10-11-22(21)27-5/h7-14H,6H2,1-5H3.